The van der Waals surface area contributed by atoms with E-state index in [0.29, 0.717) is 25.0 Å². The Morgan fingerprint density at radius 3 is 1.02 bits per heavy atom. The van der Waals surface area contributed by atoms with Gasteiger partial charge in [-0.05, 0) is 168 Å². The number of amides is 1. The van der Waals surface area contributed by atoms with E-state index in [2.05, 4.69) is 4.74 Å². The molecule has 0 heterocycles. The molecule has 0 saturated heterocycles. The molecule has 0 spiro atoms. The van der Waals surface area contributed by atoms with Crippen molar-refractivity contribution < 1.29 is 71.7 Å². The number of hydrogen-bond acceptors (Lipinski definition) is 15. The van der Waals surface area contributed by atoms with Gasteiger partial charge in [0.25, 0.3) is 5.91 Å². The Morgan fingerprint density at radius 1 is 0.516 bits per heavy atom. The highest BCUT2D eigenvalue weighted by molar-refractivity contribution is 5.88. The quantitative estimate of drug-likeness (QED) is 0.118. The summed E-state index contributed by atoms with van der Waals surface area (Å²) in [7, 11) is 6.01. The van der Waals surface area contributed by atoms with Gasteiger partial charge < -0.3 is 23.7 Å². The van der Waals surface area contributed by atoms with Gasteiger partial charge in [-0.25, -0.2) is 5.06 Å². The summed E-state index contributed by atoms with van der Waals surface area (Å²) in [5, 5.41) is 1.29. The van der Waals surface area contributed by atoms with E-state index in [9.17, 15) is 33.6 Å². The molecule has 12 rings (SSSR count). The first kappa shape index (κ1) is 52.5. The minimum atomic E-state index is -0.440. The molecule has 12 aliphatic carbocycles. The zero-order chi connectivity index (χ0) is 48.8. The van der Waals surface area contributed by atoms with Crippen molar-refractivity contribution in [3.8, 4) is 0 Å². The van der Waals surface area contributed by atoms with Crippen LogP contribution in [0, 0.1) is 43.8 Å². The third-order valence-electron chi connectivity index (χ3n) is 14.3. The van der Waals surface area contributed by atoms with Crippen molar-refractivity contribution in [1.29, 1.82) is 0 Å². The standard InChI is InChI=1S/C14H23NO4.C13H20O4.C13H20O3.C7H10O2.CO2/c1-12(2,3)19-10(16)6-13-7-14(8-13,9-13)11(17)15(4)18-5;1-11(2,3)17-9(14)5-12-6-13(7-12,8-12)10(15)16-4;1-9(14)13-6-12(7-13,8-13)5-10(15)16-11(2,3)4;1-9-6(8)7-2-5(3-7)4-7;2-1-3/h6-9H2,1-5H3;5-8H2,1-4H3;5-8H2,1-4H3;5H,2-4H2,1H3;. The second kappa shape index (κ2) is 17.9. The highest BCUT2D eigenvalue weighted by Gasteiger charge is 2.74. The van der Waals surface area contributed by atoms with Gasteiger partial charge in [-0.2, -0.15) is 9.59 Å². The molecule has 1 amide bonds. The minimum Gasteiger partial charge on any atom is -0.469 e. The van der Waals surface area contributed by atoms with E-state index in [1.54, 1.807) is 14.0 Å². The molecule has 0 aliphatic heterocycles. The van der Waals surface area contributed by atoms with Crippen LogP contribution in [0.25, 0.3) is 0 Å². The largest absolute Gasteiger partial charge is 0.469 e. The lowest BCUT2D eigenvalue weighted by Crippen LogP contribution is -2.68. The van der Waals surface area contributed by atoms with Gasteiger partial charge in [0.05, 0.1) is 56.8 Å². The van der Waals surface area contributed by atoms with Crippen LogP contribution < -0.4 is 0 Å². The van der Waals surface area contributed by atoms with E-state index in [1.807, 2.05) is 62.3 Å². The van der Waals surface area contributed by atoms with Gasteiger partial charge in [-0.3, -0.25) is 38.4 Å². The van der Waals surface area contributed by atoms with Crippen LogP contribution in [0.5, 0.6) is 0 Å². The van der Waals surface area contributed by atoms with E-state index in [1.165, 1.54) is 26.4 Å². The molecule has 0 N–H and O–H groups in total. The van der Waals surface area contributed by atoms with Crippen LogP contribution in [0.4, 0.5) is 0 Å². The van der Waals surface area contributed by atoms with Crippen molar-refractivity contribution in [2.45, 2.75) is 182 Å². The van der Waals surface area contributed by atoms with Crippen molar-refractivity contribution in [3.05, 3.63) is 0 Å². The SMILES string of the molecule is CC(=O)C12CC(CC(=O)OC(C)(C)C)(C1)C2.COC(=O)C12CC(C1)C2.COC(=O)C12CC(CC(=O)OC(C)(C)C)(C1)C2.CON(C)C(=O)C12CC(CC(=O)OC(C)(C)C)(C1)C2.O=C=O. The molecule has 0 aromatic carbocycles. The van der Waals surface area contributed by atoms with Crippen LogP contribution in [0.3, 0.4) is 0 Å². The second-order valence-corrected chi connectivity index (χ2v) is 23.6. The lowest BCUT2D eigenvalue weighted by atomic mass is 9.33. The van der Waals surface area contributed by atoms with Crippen molar-refractivity contribution >= 4 is 47.7 Å². The first-order chi connectivity index (χ1) is 29.2. The van der Waals surface area contributed by atoms with Crippen molar-refractivity contribution in [2.24, 2.45) is 43.8 Å². The smallest absolute Gasteiger partial charge is 0.373 e. The molecule has 0 aromatic heterocycles. The number of ether oxygens (including phenoxy) is 5. The average Bonchev–Trinajstić information content (AvgIpc) is 3.00. The summed E-state index contributed by atoms with van der Waals surface area (Å²) in [5.74, 6) is 0.644. The molecule has 64 heavy (non-hydrogen) atoms. The molecule has 0 radical (unpaired) electrons. The highest BCUT2D eigenvalue weighted by Crippen LogP contribution is 2.77. The van der Waals surface area contributed by atoms with Crippen molar-refractivity contribution in [3.63, 3.8) is 0 Å². The van der Waals surface area contributed by atoms with Crippen LogP contribution >= 0.6 is 0 Å². The minimum absolute atomic E-state index is 0.00652. The summed E-state index contributed by atoms with van der Waals surface area (Å²) >= 11 is 0. The number of hydroxylamine groups is 2. The van der Waals surface area contributed by atoms with Gasteiger partial charge in [0.2, 0.25) is 0 Å². The van der Waals surface area contributed by atoms with E-state index in [0.717, 1.165) is 83.0 Å². The molecule has 360 valence electrons. The second-order valence-electron chi connectivity index (χ2n) is 23.6. The Bertz CT molecular complexity index is 1810. The fourth-order valence-corrected chi connectivity index (χ4v) is 12.0. The van der Waals surface area contributed by atoms with Gasteiger partial charge in [0, 0.05) is 12.5 Å². The Labute approximate surface area is 378 Å². The fraction of sp³-hybridized carbons (Fsp3) is 0.833. The highest BCUT2D eigenvalue weighted by atomic mass is 16.7. The lowest BCUT2D eigenvalue weighted by molar-refractivity contribution is -0.243. The van der Waals surface area contributed by atoms with Crippen LogP contribution in [-0.4, -0.2) is 97.9 Å². The molecule has 12 fully saturated rings. The Balaban J connectivity index is 0.000000187. The molecule has 0 atom stereocenters. The van der Waals surface area contributed by atoms with Gasteiger partial charge >= 0.3 is 36.0 Å². The Hall–Kier alpha value is -4.17. The summed E-state index contributed by atoms with van der Waals surface area (Å²) in [4.78, 5) is 102. The van der Waals surface area contributed by atoms with E-state index in [4.69, 9.17) is 33.4 Å². The third-order valence-corrected chi connectivity index (χ3v) is 14.3. The summed E-state index contributed by atoms with van der Waals surface area (Å²) in [6.45, 7) is 18.5. The summed E-state index contributed by atoms with van der Waals surface area (Å²) < 4.78 is 25.4. The number of carbonyl (C=O) groups is 7. The maximum absolute atomic E-state index is 12.1. The van der Waals surface area contributed by atoms with Crippen LogP contribution in [-0.2, 0) is 71.7 Å². The van der Waals surface area contributed by atoms with Gasteiger partial charge in [-0.1, -0.05) is 0 Å². The summed E-state index contributed by atoms with van der Waals surface area (Å²) in [5.41, 5.74) is -1.72. The fourth-order valence-electron chi connectivity index (χ4n) is 12.0. The predicted molar refractivity (Wildman–Crippen MR) is 227 cm³/mol. The van der Waals surface area contributed by atoms with Crippen LogP contribution in [0.1, 0.15) is 166 Å². The van der Waals surface area contributed by atoms with Crippen molar-refractivity contribution in [1.82, 2.24) is 5.06 Å². The van der Waals surface area contributed by atoms with Crippen molar-refractivity contribution in [2.75, 3.05) is 28.4 Å². The molecule has 16 heteroatoms. The first-order valence-corrected chi connectivity index (χ1v) is 22.3. The number of esters is 5. The molecule has 0 unspecified atom stereocenters. The summed E-state index contributed by atoms with van der Waals surface area (Å²) in [6, 6.07) is 0. The van der Waals surface area contributed by atoms with Crippen LogP contribution in [0.15, 0.2) is 0 Å². The molecule has 8 bridgehead atoms. The lowest BCUT2D eigenvalue weighted by Gasteiger charge is -2.69. The molecule has 12 aliphatic rings. The maximum atomic E-state index is 12.1. The van der Waals surface area contributed by atoms with E-state index in [-0.39, 0.29) is 79.8 Å². The Morgan fingerprint density at radius 2 is 0.797 bits per heavy atom. The number of carbonyl (C=O) groups excluding carboxylic acids is 9. The molecular formula is C48H73NO15. The van der Waals surface area contributed by atoms with E-state index >= 15 is 0 Å². The molecular weight excluding hydrogens is 831 g/mol. The monoisotopic (exact) mass is 903 g/mol. The number of methoxy groups -OCH3 is 2. The normalized spacial score (nSPS) is 34.1. The zero-order valence-electron chi connectivity index (χ0n) is 40.8. The average molecular weight is 904 g/mol. The van der Waals surface area contributed by atoms with Gasteiger partial charge in [0.1, 0.15) is 22.6 Å². The molecule has 0 aromatic rings. The van der Waals surface area contributed by atoms with Gasteiger partial charge in [-0.15, -0.1) is 0 Å². The third kappa shape index (κ3) is 11.3. The number of nitrogens with zero attached hydrogens (tertiary/aromatic N) is 1. The Kier molecular flexibility index (Phi) is 14.7. The summed E-state index contributed by atoms with van der Waals surface area (Å²) in [6.07, 6.45) is 12.3. The molecule has 12 saturated carbocycles. The predicted octanol–water partition coefficient (Wildman–Crippen LogP) is 6.82. The number of hydrogen-bond donors (Lipinski definition) is 0. The topological polar surface area (TPSA) is 212 Å². The number of Topliss-reactive ketones (excluding diaryl/α,β-unsaturated/α-hetero) is 1. The van der Waals surface area contributed by atoms with Gasteiger partial charge in [0.15, 0.2) is 0 Å². The van der Waals surface area contributed by atoms with Crippen LogP contribution in [0.2, 0.25) is 0 Å². The first-order valence-electron chi connectivity index (χ1n) is 22.3. The molecule has 16 nitrogen and oxygen atoms in total. The number of rotatable bonds is 11. The number of ketones is 1. The zero-order valence-corrected chi connectivity index (χ0v) is 40.8. The maximum Gasteiger partial charge on any atom is 0.373 e. The van der Waals surface area contributed by atoms with E-state index < -0.39 is 16.8 Å².